The smallest absolute Gasteiger partial charge is 0.264 e. The molecule has 1 N–H and O–H groups in total. The third kappa shape index (κ3) is 9.40. The summed E-state index contributed by atoms with van der Waals surface area (Å²) < 4.78 is 39.9. The second-order valence-electron chi connectivity index (χ2n) is 12.0. The Hall–Kier alpha value is -2.19. The lowest BCUT2D eigenvalue weighted by Crippen LogP contribution is -2.41. The van der Waals surface area contributed by atoms with Crippen LogP contribution in [0.15, 0.2) is 54.6 Å². The number of carbonyl (C=O) groups excluding carboxylic acids is 1. The van der Waals surface area contributed by atoms with Gasteiger partial charge in [0.15, 0.2) is 0 Å². The lowest BCUT2D eigenvalue weighted by molar-refractivity contribution is -0.0176. The molecule has 0 spiro atoms. The highest BCUT2D eigenvalue weighted by atomic mass is 35.5. The van der Waals surface area contributed by atoms with Gasteiger partial charge in [0.2, 0.25) is 10.0 Å². The van der Waals surface area contributed by atoms with Crippen LogP contribution in [0.2, 0.25) is 5.02 Å². The number of hydrogen-bond donors (Lipinski definition) is 1. The Bertz CT molecular complexity index is 1290. The van der Waals surface area contributed by atoms with E-state index in [-0.39, 0.29) is 17.6 Å². The van der Waals surface area contributed by atoms with Gasteiger partial charge in [0, 0.05) is 17.7 Å². The van der Waals surface area contributed by atoms with E-state index in [1.807, 2.05) is 31.2 Å². The quantitative estimate of drug-likeness (QED) is 0.195. The molecule has 1 aliphatic rings. The zero-order valence-corrected chi connectivity index (χ0v) is 27.5. The molecule has 1 fully saturated rings. The number of allylic oxidation sites excluding steroid dienone is 1. The summed E-state index contributed by atoms with van der Waals surface area (Å²) in [5.41, 5.74) is 3.50. The lowest BCUT2D eigenvalue weighted by atomic mass is 9.64. The molecule has 2 aromatic carbocycles. The molecule has 0 aliphatic heterocycles. The van der Waals surface area contributed by atoms with Gasteiger partial charge in [0.1, 0.15) is 0 Å². The van der Waals surface area contributed by atoms with Gasteiger partial charge in [0.05, 0.1) is 24.6 Å². The molecule has 0 aromatic heterocycles. The van der Waals surface area contributed by atoms with Crippen molar-refractivity contribution in [2.75, 3.05) is 7.11 Å². The van der Waals surface area contributed by atoms with E-state index in [1.165, 1.54) is 5.56 Å². The third-order valence-electron chi connectivity index (χ3n) is 8.98. The fraction of sp³-hybridized carbons (Fsp3) is 0.559. The number of carbonyl (C=O) groups is 1. The maximum absolute atomic E-state index is 13.0. The molecular formula is C34H48ClNO5S. The van der Waals surface area contributed by atoms with E-state index in [0.717, 1.165) is 41.8 Å². The minimum absolute atomic E-state index is 0.0455. The second kappa shape index (κ2) is 16.0. The number of aryl methyl sites for hydroxylation is 1. The fourth-order valence-corrected chi connectivity index (χ4v) is 6.97. The van der Waals surface area contributed by atoms with Crippen molar-refractivity contribution in [3.63, 3.8) is 0 Å². The number of benzene rings is 2. The second-order valence-corrected chi connectivity index (χ2v) is 14.4. The molecule has 0 bridgehead atoms. The van der Waals surface area contributed by atoms with Crippen LogP contribution >= 0.6 is 11.6 Å². The van der Waals surface area contributed by atoms with Gasteiger partial charge in [-0.05, 0) is 97.2 Å². The zero-order chi connectivity index (χ0) is 30.9. The van der Waals surface area contributed by atoms with Gasteiger partial charge in [-0.2, -0.15) is 0 Å². The summed E-state index contributed by atoms with van der Waals surface area (Å²) in [4.78, 5) is 12.8. The van der Waals surface area contributed by atoms with E-state index < -0.39 is 21.2 Å². The SMILES string of the molecule is CCCCc1cc(Cl)ccc1COCc1ccc(C(=O)NS(=O)(=O)[C@H](C)[C@@H](C)C/C=C/[C@H](OC)[C@@H]2C[C@@H](C)[C@H]2C)cc1. The number of unbranched alkanes of at least 4 members (excludes halogenated alkanes) is 1. The predicted octanol–water partition coefficient (Wildman–Crippen LogP) is 7.74. The first kappa shape index (κ1) is 34.3. The number of nitrogens with one attached hydrogen (secondary N) is 1. The molecular weight excluding hydrogens is 570 g/mol. The number of ether oxygens (including phenoxy) is 2. The van der Waals surface area contributed by atoms with Crippen LogP contribution in [0.5, 0.6) is 0 Å². The Morgan fingerprint density at radius 2 is 1.81 bits per heavy atom. The van der Waals surface area contributed by atoms with Gasteiger partial charge >= 0.3 is 0 Å². The summed E-state index contributed by atoms with van der Waals surface area (Å²) in [6.45, 7) is 11.1. The van der Waals surface area contributed by atoms with Crippen molar-refractivity contribution in [2.24, 2.45) is 23.7 Å². The molecule has 1 amide bonds. The van der Waals surface area contributed by atoms with Crippen LogP contribution in [0.25, 0.3) is 0 Å². The van der Waals surface area contributed by atoms with E-state index in [0.29, 0.717) is 37.4 Å². The fourth-order valence-electron chi connectivity index (χ4n) is 5.49. The number of sulfonamides is 1. The molecule has 6 nitrogen and oxygen atoms in total. The largest absolute Gasteiger partial charge is 0.377 e. The summed E-state index contributed by atoms with van der Waals surface area (Å²) in [5, 5.41) is -0.0113. The predicted molar refractivity (Wildman–Crippen MR) is 171 cm³/mol. The number of halogens is 1. The molecule has 232 valence electrons. The van der Waals surface area contributed by atoms with Gasteiger partial charge in [-0.15, -0.1) is 0 Å². The third-order valence-corrected chi connectivity index (χ3v) is 11.1. The summed E-state index contributed by atoms with van der Waals surface area (Å²) >= 11 is 6.18. The lowest BCUT2D eigenvalue weighted by Gasteiger charge is -2.44. The average molecular weight is 618 g/mol. The molecule has 0 unspecified atom stereocenters. The summed E-state index contributed by atoms with van der Waals surface area (Å²) in [6.07, 6.45) is 9.02. The zero-order valence-electron chi connectivity index (χ0n) is 25.9. The molecule has 1 aliphatic carbocycles. The van der Waals surface area contributed by atoms with Gasteiger partial charge in [-0.3, -0.25) is 4.79 Å². The molecule has 3 rings (SSSR count). The van der Waals surface area contributed by atoms with Gasteiger partial charge in [-0.25, -0.2) is 13.1 Å². The molecule has 2 aromatic rings. The van der Waals surface area contributed by atoms with Crippen molar-refractivity contribution in [1.82, 2.24) is 4.72 Å². The monoisotopic (exact) mass is 617 g/mol. The minimum atomic E-state index is -3.86. The van der Waals surface area contributed by atoms with Crippen molar-refractivity contribution < 1.29 is 22.7 Å². The topological polar surface area (TPSA) is 81.7 Å². The van der Waals surface area contributed by atoms with Crippen LogP contribution in [0.1, 0.15) is 87.4 Å². The summed E-state index contributed by atoms with van der Waals surface area (Å²) in [6, 6.07) is 12.7. The summed E-state index contributed by atoms with van der Waals surface area (Å²) in [7, 11) is -2.13. The van der Waals surface area contributed by atoms with E-state index in [4.69, 9.17) is 21.1 Å². The van der Waals surface area contributed by atoms with Crippen LogP contribution in [0, 0.1) is 23.7 Å². The Labute approximate surface area is 258 Å². The molecule has 6 atom stereocenters. The molecule has 8 heteroatoms. The van der Waals surface area contributed by atoms with Crippen LogP contribution in [-0.4, -0.2) is 32.8 Å². The first-order chi connectivity index (χ1) is 20.0. The van der Waals surface area contributed by atoms with Crippen LogP contribution in [-0.2, 0) is 39.1 Å². The first-order valence-electron chi connectivity index (χ1n) is 15.2. The minimum Gasteiger partial charge on any atom is -0.377 e. The van der Waals surface area contributed by atoms with E-state index in [1.54, 1.807) is 38.3 Å². The highest BCUT2D eigenvalue weighted by molar-refractivity contribution is 7.90. The Morgan fingerprint density at radius 3 is 2.43 bits per heavy atom. The van der Waals surface area contributed by atoms with Crippen molar-refractivity contribution in [3.05, 3.63) is 81.9 Å². The van der Waals surface area contributed by atoms with Crippen molar-refractivity contribution in [2.45, 2.75) is 91.3 Å². The van der Waals surface area contributed by atoms with Crippen molar-refractivity contribution in [3.8, 4) is 0 Å². The number of methoxy groups -OCH3 is 1. The molecule has 0 heterocycles. The number of hydrogen-bond acceptors (Lipinski definition) is 5. The van der Waals surface area contributed by atoms with Crippen molar-refractivity contribution >= 4 is 27.5 Å². The average Bonchev–Trinajstić information content (AvgIpc) is 2.97. The Morgan fingerprint density at radius 1 is 1.10 bits per heavy atom. The van der Waals surface area contributed by atoms with Gasteiger partial charge in [-0.1, -0.05) is 76.1 Å². The number of rotatable bonds is 16. The number of amides is 1. The standard InChI is InChI=1S/C34H48ClNO5S/c1-7-8-11-29-20-31(35)18-17-30(29)22-41-21-27-13-15-28(16-14-27)34(37)36-42(38,39)26(5)23(2)10-9-12-33(40-6)32-19-24(3)25(32)4/h9,12-18,20,23-26,32-33H,7-8,10-11,19,21-22H2,1-6H3,(H,36,37)/b12-9+/t23-,24+,25+,26+,32+,33-/m0/s1. The van der Waals surface area contributed by atoms with E-state index in [2.05, 4.69) is 31.6 Å². The van der Waals surface area contributed by atoms with E-state index in [9.17, 15) is 13.2 Å². The Balaban J connectivity index is 1.49. The molecule has 0 saturated heterocycles. The maximum atomic E-state index is 13.0. The highest BCUT2D eigenvalue weighted by Gasteiger charge is 2.38. The van der Waals surface area contributed by atoms with Crippen LogP contribution in [0.3, 0.4) is 0 Å². The van der Waals surface area contributed by atoms with E-state index >= 15 is 0 Å². The molecule has 1 saturated carbocycles. The highest BCUT2D eigenvalue weighted by Crippen LogP contribution is 2.43. The Kier molecular flexibility index (Phi) is 13.1. The van der Waals surface area contributed by atoms with Crippen LogP contribution < -0.4 is 4.72 Å². The van der Waals surface area contributed by atoms with Crippen LogP contribution in [0.4, 0.5) is 0 Å². The van der Waals surface area contributed by atoms with Gasteiger partial charge in [0.25, 0.3) is 5.91 Å². The normalized spacial score (nSPS) is 21.1. The molecule has 42 heavy (non-hydrogen) atoms. The summed E-state index contributed by atoms with van der Waals surface area (Å²) in [5.74, 6) is 1.02. The van der Waals surface area contributed by atoms with Gasteiger partial charge < -0.3 is 9.47 Å². The first-order valence-corrected chi connectivity index (χ1v) is 17.1. The van der Waals surface area contributed by atoms with Crippen molar-refractivity contribution in [1.29, 1.82) is 0 Å². The molecule has 0 radical (unpaired) electrons. The maximum Gasteiger partial charge on any atom is 0.264 e.